The third-order valence-corrected chi connectivity index (χ3v) is 3.65. The number of rotatable bonds is 6. The largest absolute Gasteiger partial charge is 0.469 e. The Hall–Kier alpha value is -1.82. The predicted octanol–water partition coefficient (Wildman–Crippen LogP) is 2.47. The summed E-state index contributed by atoms with van der Waals surface area (Å²) in [5, 5.41) is 3.89. The van der Waals surface area contributed by atoms with Gasteiger partial charge in [-0.1, -0.05) is 15.9 Å². The van der Waals surface area contributed by atoms with Gasteiger partial charge in [0.1, 0.15) is 6.54 Å². The molecule has 5 nitrogen and oxygen atoms in total. The second kappa shape index (κ2) is 7.26. The molecule has 1 amide bonds. The number of esters is 1. The van der Waals surface area contributed by atoms with Crippen molar-refractivity contribution in [2.75, 3.05) is 13.7 Å². The van der Waals surface area contributed by atoms with Crippen LogP contribution in [0.5, 0.6) is 0 Å². The summed E-state index contributed by atoms with van der Waals surface area (Å²) < 4.78 is 7.45. The number of halogens is 1. The first-order chi connectivity index (χ1) is 10.1. The fourth-order valence-corrected chi connectivity index (χ4v) is 2.46. The number of methoxy groups -OCH3 is 1. The lowest BCUT2D eigenvalue weighted by Crippen LogP contribution is -2.28. The molecule has 1 aromatic heterocycles. The first kappa shape index (κ1) is 15.6. The fourth-order valence-electron chi connectivity index (χ4n) is 2.08. The Morgan fingerprint density at radius 2 is 2.14 bits per heavy atom. The van der Waals surface area contributed by atoms with Crippen LogP contribution in [0.3, 0.4) is 0 Å². The van der Waals surface area contributed by atoms with E-state index in [4.69, 9.17) is 0 Å². The zero-order valence-corrected chi connectivity index (χ0v) is 13.4. The SMILES string of the molecule is COC(=O)CCCNC(=O)Cn1ccc2cc(Br)ccc21. The van der Waals surface area contributed by atoms with Crippen LogP contribution >= 0.6 is 15.9 Å². The molecular formula is C15H17BrN2O3. The van der Waals surface area contributed by atoms with E-state index in [0.717, 1.165) is 15.4 Å². The molecule has 0 atom stereocenters. The van der Waals surface area contributed by atoms with Gasteiger partial charge in [0.25, 0.3) is 0 Å². The lowest BCUT2D eigenvalue weighted by Gasteiger charge is -2.07. The molecule has 0 unspecified atom stereocenters. The van der Waals surface area contributed by atoms with E-state index < -0.39 is 0 Å². The molecule has 21 heavy (non-hydrogen) atoms. The molecule has 1 aromatic carbocycles. The van der Waals surface area contributed by atoms with E-state index in [9.17, 15) is 9.59 Å². The Bertz CT molecular complexity index is 651. The van der Waals surface area contributed by atoms with Crippen LogP contribution in [0.2, 0.25) is 0 Å². The average Bonchev–Trinajstić information content (AvgIpc) is 2.85. The summed E-state index contributed by atoms with van der Waals surface area (Å²) in [6, 6.07) is 7.92. The minimum absolute atomic E-state index is 0.0692. The lowest BCUT2D eigenvalue weighted by molar-refractivity contribution is -0.140. The fraction of sp³-hybridized carbons (Fsp3) is 0.333. The van der Waals surface area contributed by atoms with Crippen LogP contribution in [0.1, 0.15) is 12.8 Å². The molecule has 0 bridgehead atoms. The smallest absolute Gasteiger partial charge is 0.305 e. The van der Waals surface area contributed by atoms with Crippen LogP contribution in [0.25, 0.3) is 10.9 Å². The number of fused-ring (bicyclic) bond motifs is 1. The second-order valence-electron chi connectivity index (χ2n) is 4.68. The summed E-state index contributed by atoms with van der Waals surface area (Å²) in [4.78, 5) is 22.8. The summed E-state index contributed by atoms with van der Waals surface area (Å²) >= 11 is 3.43. The van der Waals surface area contributed by atoms with Gasteiger partial charge in [0.15, 0.2) is 0 Å². The van der Waals surface area contributed by atoms with E-state index in [1.165, 1.54) is 7.11 Å². The van der Waals surface area contributed by atoms with Crippen molar-refractivity contribution in [3.05, 3.63) is 34.9 Å². The average molecular weight is 353 g/mol. The zero-order valence-electron chi connectivity index (χ0n) is 11.8. The van der Waals surface area contributed by atoms with Crippen LogP contribution in [-0.2, 0) is 20.9 Å². The lowest BCUT2D eigenvalue weighted by atomic mass is 10.2. The molecule has 0 saturated carbocycles. The van der Waals surface area contributed by atoms with E-state index in [0.29, 0.717) is 19.4 Å². The van der Waals surface area contributed by atoms with Gasteiger partial charge in [0.2, 0.25) is 5.91 Å². The van der Waals surface area contributed by atoms with Gasteiger partial charge in [-0.3, -0.25) is 9.59 Å². The van der Waals surface area contributed by atoms with Gasteiger partial charge in [0.05, 0.1) is 7.11 Å². The van der Waals surface area contributed by atoms with E-state index in [1.54, 1.807) is 0 Å². The van der Waals surface area contributed by atoms with Crippen LogP contribution in [-0.4, -0.2) is 30.1 Å². The molecule has 2 aromatic rings. The number of hydrogen-bond donors (Lipinski definition) is 1. The molecule has 0 radical (unpaired) electrons. The molecule has 1 heterocycles. The van der Waals surface area contributed by atoms with E-state index in [2.05, 4.69) is 26.0 Å². The molecule has 0 aliphatic heterocycles. The number of nitrogens with one attached hydrogen (secondary N) is 1. The first-order valence-corrected chi connectivity index (χ1v) is 7.47. The minimum Gasteiger partial charge on any atom is -0.469 e. The van der Waals surface area contributed by atoms with Gasteiger partial charge in [-0.15, -0.1) is 0 Å². The molecule has 112 valence electrons. The van der Waals surface area contributed by atoms with E-state index in [-0.39, 0.29) is 18.4 Å². The molecule has 0 spiro atoms. The maximum Gasteiger partial charge on any atom is 0.305 e. The summed E-state index contributed by atoms with van der Waals surface area (Å²) in [6.45, 7) is 0.738. The van der Waals surface area contributed by atoms with Crippen molar-refractivity contribution in [3.63, 3.8) is 0 Å². The normalized spacial score (nSPS) is 10.6. The van der Waals surface area contributed by atoms with Crippen molar-refractivity contribution in [1.82, 2.24) is 9.88 Å². The van der Waals surface area contributed by atoms with Gasteiger partial charge in [-0.2, -0.15) is 0 Å². The van der Waals surface area contributed by atoms with Crippen molar-refractivity contribution >= 4 is 38.7 Å². The molecule has 0 saturated heterocycles. The molecule has 1 N–H and O–H groups in total. The van der Waals surface area contributed by atoms with Gasteiger partial charge in [-0.05, 0) is 30.7 Å². The minimum atomic E-state index is -0.258. The second-order valence-corrected chi connectivity index (χ2v) is 5.59. The van der Waals surface area contributed by atoms with Gasteiger partial charge in [0, 0.05) is 34.5 Å². The molecular weight excluding hydrogens is 336 g/mol. The number of benzene rings is 1. The summed E-state index contributed by atoms with van der Waals surface area (Å²) in [5.74, 6) is -0.327. The maximum atomic E-state index is 11.9. The summed E-state index contributed by atoms with van der Waals surface area (Å²) in [7, 11) is 1.36. The quantitative estimate of drug-likeness (QED) is 0.641. The number of aromatic nitrogens is 1. The van der Waals surface area contributed by atoms with Crippen LogP contribution in [0, 0.1) is 0 Å². The summed E-state index contributed by atoms with van der Waals surface area (Å²) in [6.07, 6.45) is 2.79. The van der Waals surface area contributed by atoms with Crippen molar-refractivity contribution in [2.24, 2.45) is 0 Å². The zero-order chi connectivity index (χ0) is 15.2. The Morgan fingerprint density at radius 1 is 1.33 bits per heavy atom. The van der Waals surface area contributed by atoms with E-state index in [1.807, 2.05) is 35.0 Å². The predicted molar refractivity (Wildman–Crippen MR) is 83.9 cm³/mol. The topological polar surface area (TPSA) is 60.3 Å². The van der Waals surface area contributed by atoms with Gasteiger partial charge in [-0.25, -0.2) is 0 Å². The number of nitrogens with zero attached hydrogens (tertiary/aromatic N) is 1. The molecule has 2 rings (SSSR count). The summed E-state index contributed by atoms with van der Waals surface area (Å²) in [5.41, 5.74) is 1.02. The number of ether oxygens (including phenoxy) is 1. The Balaban J connectivity index is 1.85. The number of carbonyl (C=O) groups excluding carboxylic acids is 2. The highest BCUT2D eigenvalue weighted by molar-refractivity contribution is 9.10. The third kappa shape index (κ3) is 4.32. The van der Waals surface area contributed by atoms with E-state index >= 15 is 0 Å². The molecule has 0 aliphatic rings. The standard InChI is InChI=1S/C15H17BrN2O3/c1-21-15(20)3-2-7-17-14(19)10-18-8-6-11-9-12(16)4-5-13(11)18/h4-6,8-9H,2-3,7,10H2,1H3,(H,17,19). The Morgan fingerprint density at radius 3 is 2.90 bits per heavy atom. The molecule has 0 aliphatic carbocycles. The van der Waals surface area contributed by atoms with Crippen LogP contribution < -0.4 is 5.32 Å². The Labute approximate surface area is 131 Å². The Kier molecular flexibility index (Phi) is 5.38. The molecule has 6 heteroatoms. The third-order valence-electron chi connectivity index (χ3n) is 3.15. The molecule has 0 fully saturated rings. The van der Waals surface area contributed by atoms with Crippen molar-refractivity contribution in [2.45, 2.75) is 19.4 Å². The highest BCUT2D eigenvalue weighted by atomic mass is 79.9. The first-order valence-electron chi connectivity index (χ1n) is 6.68. The van der Waals surface area contributed by atoms with Crippen LogP contribution in [0.15, 0.2) is 34.9 Å². The maximum absolute atomic E-state index is 11.9. The number of amides is 1. The van der Waals surface area contributed by atoms with Crippen molar-refractivity contribution in [3.8, 4) is 0 Å². The highest BCUT2D eigenvalue weighted by Crippen LogP contribution is 2.20. The van der Waals surface area contributed by atoms with Crippen LogP contribution in [0.4, 0.5) is 0 Å². The van der Waals surface area contributed by atoms with Crippen molar-refractivity contribution < 1.29 is 14.3 Å². The highest BCUT2D eigenvalue weighted by Gasteiger charge is 2.07. The monoisotopic (exact) mass is 352 g/mol. The number of hydrogen-bond acceptors (Lipinski definition) is 3. The number of carbonyl (C=O) groups is 2. The van der Waals surface area contributed by atoms with Gasteiger partial charge >= 0.3 is 5.97 Å². The van der Waals surface area contributed by atoms with Crippen molar-refractivity contribution in [1.29, 1.82) is 0 Å². The van der Waals surface area contributed by atoms with Gasteiger partial charge < -0.3 is 14.6 Å².